The highest BCUT2D eigenvalue weighted by Gasteiger charge is 2.14. The van der Waals surface area contributed by atoms with Gasteiger partial charge in [-0.15, -0.1) is 0 Å². The van der Waals surface area contributed by atoms with Gasteiger partial charge >= 0.3 is 0 Å². The van der Waals surface area contributed by atoms with Crippen molar-refractivity contribution in [3.63, 3.8) is 0 Å². The number of fused-ring (bicyclic) bond motifs is 1. The molecule has 4 aromatic rings. The topological polar surface area (TPSA) is 81.6 Å². The van der Waals surface area contributed by atoms with Gasteiger partial charge in [-0.25, -0.2) is 0 Å². The number of hydrogen-bond acceptors (Lipinski definition) is 5. The minimum absolute atomic E-state index is 0.0860. The molecule has 0 aliphatic rings. The van der Waals surface area contributed by atoms with Crippen LogP contribution in [0.2, 0.25) is 0 Å². The van der Waals surface area contributed by atoms with Crippen molar-refractivity contribution in [2.24, 2.45) is 0 Å². The van der Waals surface area contributed by atoms with E-state index in [0.717, 1.165) is 33.4 Å². The predicted octanol–water partition coefficient (Wildman–Crippen LogP) is 4.89. The number of anilines is 2. The molecule has 3 aromatic carbocycles. The van der Waals surface area contributed by atoms with Crippen LogP contribution < -0.4 is 25.7 Å². The largest absolute Gasteiger partial charge is 0.493 e. The van der Waals surface area contributed by atoms with Crippen LogP contribution in [0.15, 0.2) is 71.5 Å². The predicted molar refractivity (Wildman–Crippen MR) is 140 cm³/mol. The molecule has 0 spiro atoms. The van der Waals surface area contributed by atoms with Crippen LogP contribution in [0.3, 0.4) is 0 Å². The zero-order valence-corrected chi connectivity index (χ0v) is 20.3. The van der Waals surface area contributed by atoms with Gasteiger partial charge in [-0.05, 0) is 60.7 Å². The molecule has 0 bridgehead atoms. The van der Waals surface area contributed by atoms with Crippen LogP contribution in [-0.2, 0) is 17.9 Å². The van der Waals surface area contributed by atoms with Gasteiger partial charge in [-0.3, -0.25) is 14.2 Å². The second-order valence-electron chi connectivity index (χ2n) is 8.41. The quantitative estimate of drug-likeness (QED) is 0.383. The fraction of sp³-hybridized carbons (Fsp3) is 0.214. The third-order valence-electron chi connectivity index (χ3n) is 5.91. The summed E-state index contributed by atoms with van der Waals surface area (Å²) in [7, 11) is 3.16. The molecule has 0 atom stereocenters. The Labute approximate surface area is 204 Å². The molecule has 7 nitrogen and oxygen atoms in total. The number of aromatic nitrogens is 1. The van der Waals surface area contributed by atoms with Gasteiger partial charge in [0.2, 0.25) is 5.91 Å². The average molecular weight is 472 g/mol. The van der Waals surface area contributed by atoms with Crippen molar-refractivity contribution < 1.29 is 14.3 Å². The van der Waals surface area contributed by atoms with E-state index < -0.39 is 0 Å². The molecule has 0 radical (unpaired) electrons. The van der Waals surface area contributed by atoms with Crippen LogP contribution in [0.1, 0.15) is 16.7 Å². The number of methoxy groups -OCH3 is 2. The number of pyridine rings is 1. The van der Waals surface area contributed by atoms with Crippen molar-refractivity contribution in [1.29, 1.82) is 0 Å². The lowest BCUT2D eigenvalue weighted by atomic mass is 10.1. The highest BCUT2D eigenvalue weighted by Crippen LogP contribution is 2.30. The van der Waals surface area contributed by atoms with E-state index in [9.17, 15) is 9.59 Å². The Balaban J connectivity index is 1.65. The van der Waals surface area contributed by atoms with Crippen molar-refractivity contribution in [2.45, 2.75) is 26.9 Å². The highest BCUT2D eigenvalue weighted by molar-refractivity contribution is 5.92. The van der Waals surface area contributed by atoms with Crippen molar-refractivity contribution in [2.75, 3.05) is 24.9 Å². The van der Waals surface area contributed by atoms with Crippen molar-refractivity contribution in [3.8, 4) is 11.5 Å². The molecule has 7 heteroatoms. The molecular formula is C28H29N3O4. The molecule has 0 fully saturated rings. The lowest BCUT2D eigenvalue weighted by Gasteiger charge is -2.15. The first-order valence-corrected chi connectivity index (χ1v) is 11.3. The Morgan fingerprint density at radius 1 is 0.914 bits per heavy atom. The summed E-state index contributed by atoms with van der Waals surface area (Å²) < 4.78 is 12.2. The van der Waals surface area contributed by atoms with Crippen LogP contribution >= 0.6 is 0 Å². The van der Waals surface area contributed by atoms with E-state index in [1.807, 2.05) is 74.5 Å². The maximum atomic E-state index is 13.5. The number of carbonyl (C=O) groups excluding carboxylic acids is 1. The first kappa shape index (κ1) is 23.9. The molecule has 35 heavy (non-hydrogen) atoms. The fourth-order valence-corrected chi connectivity index (χ4v) is 4.02. The normalized spacial score (nSPS) is 10.7. The van der Waals surface area contributed by atoms with E-state index >= 15 is 0 Å². The van der Waals surface area contributed by atoms with Crippen molar-refractivity contribution in [1.82, 2.24) is 4.57 Å². The van der Waals surface area contributed by atoms with Gasteiger partial charge in [0.05, 0.1) is 19.7 Å². The monoisotopic (exact) mass is 471 g/mol. The lowest BCUT2D eigenvalue weighted by Crippen LogP contribution is -2.30. The summed E-state index contributed by atoms with van der Waals surface area (Å²) in [5.74, 6) is 0.965. The molecule has 0 aliphatic carbocycles. The molecule has 1 aromatic heterocycles. The summed E-state index contributed by atoms with van der Waals surface area (Å²) in [4.78, 5) is 26.4. The maximum Gasteiger partial charge on any atom is 0.256 e. The van der Waals surface area contributed by atoms with E-state index in [0.29, 0.717) is 17.1 Å². The Kier molecular flexibility index (Phi) is 7.06. The van der Waals surface area contributed by atoms with E-state index in [-0.39, 0.29) is 24.6 Å². The smallest absolute Gasteiger partial charge is 0.256 e. The third kappa shape index (κ3) is 5.30. The van der Waals surface area contributed by atoms with Crippen molar-refractivity contribution in [3.05, 3.63) is 93.8 Å². The molecule has 0 saturated carbocycles. The molecule has 0 unspecified atom stereocenters. The van der Waals surface area contributed by atoms with Crippen LogP contribution in [0.4, 0.5) is 11.4 Å². The molecule has 2 N–H and O–H groups in total. The molecule has 1 amide bonds. The van der Waals surface area contributed by atoms with E-state index in [1.54, 1.807) is 24.9 Å². The van der Waals surface area contributed by atoms with Gasteiger partial charge in [0.15, 0.2) is 11.5 Å². The number of para-hydroxylation sites is 1. The number of ether oxygens (including phenoxy) is 2. The van der Waals surface area contributed by atoms with Gasteiger partial charge in [0.1, 0.15) is 6.54 Å². The Hall–Kier alpha value is -4.26. The number of rotatable bonds is 8. The van der Waals surface area contributed by atoms with Gasteiger partial charge < -0.3 is 20.1 Å². The third-order valence-corrected chi connectivity index (χ3v) is 5.91. The van der Waals surface area contributed by atoms with Gasteiger partial charge in [0.25, 0.3) is 5.56 Å². The minimum Gasteiger partial charge on any atom is -0.493 e. The molecule has 0 saturated heterocycles. The number of benzene rings is 3. The first-order valence-electron chi connectivity index (χ1n) is 11.3. The average Bonchev–Trinajstić information content (AvgIpc) is 2.86. The standard InChI is InChI=1S/C28H29N3O4/c1-18-9-10-20-14-21(16-29-22-11-12-25(34-3)26(15-22)35-4)28(33)31(24(20)13-18)17-27(32)30-23-8-6-5-7-19(23)2/h5-15,29H,16-17H2,1-4H3,(H,30,32). The first-order chi connectivity index (χ1) is 16.9. The molecule has 1 heterocycles. The molecule has 180 valence electrons. The summed E-state index contributed by atoms with van der Waals surface area (Å²) >= 11 is 0. The van der Waals surface area contributed by atoms with Gasteiger partial charge in [-0.2, -0.15) is 0 Å². The Bertz CT molecular complexity index is 1440. The number of nitrogens with zero attached hydrogens (tertiary/aromatic N) is 1. The van der Waals surface area contributed by atoms with E-state index in [4.69, 9.17) is 9.47 Å². The fourth-order valence-electron chi connectivity index (χ4n) is 4.02. The number of nitrogens with one attached hydrogen (secondary N) is 2. The zero-order valence-electron chi connectivity index (χ0n) is 20.3. The highest BCUT2D eigenvalue weighted by atomic mass is 16.5. The van der Waals surface area contributed by atoms with E-state index in [1.165, 1.54) is 0 Å². The summed E-state index contributed by atoms with van der Waals surface area (Å²) in [5, 5.41) is 7.10. The minimum atomic E-state index is -0.255. The number of carbonyl (C=O) groups is 1. The summed E-state index contributed by atoms with van der Waals surface area (Å²) in [6, 6.07) is 20.8. The van der Waals surface area contributed by atoms with Crippen LogP contribution in [0.5, 0.6) is 11.5 Å². The second kappa shape index (κ2) is 10.3. The Morgan fingerprint density at radius 2 is 1.69 bits per heavy atom. The summed E-state index contributed by atoms with van der Waals surface area (Å²) in [5.41, 5.74) is 4.57. The summed E-state index contributed by atoms with van der Waals surface area (Å²) in [6.45, 7) is 4.10. The van der Waals surface area contributed by atoms with Gasteiger partial charge in [0, 0.05) is 29.5 Å². The number of aryl methyl sites for hydroxylation is 2. The maximum absolute atomic E-state index is 13.5. The van der Waals surface area contributed by atoms with E-state index in [2.05, 4.69) is 10.6 Å². The number of amides is 1. The number of hydrogen-bond donors (Lipinski definition) is 2. The molecule has 4 rings (SSSR count). The molecular weight excluding hydrogens is 442 g/mol. The zero-order chi connectivity index (χ0) is 24.9. The van der Waals surface area contributed by atoms with Crippen LogP contribution in [-0.4, -0.2) is 24.7 Å². The van der Waals surface area contributed by atoms with Crippen LogP contribution in [0.25, 0.3) is 10.9 Å². The SMILES string of the molecule is COc1ccc(NCc2cc3ccc(C)cc3n(CC(=O)Nc3ccccc3C)c2=O)cc1OC. The Morgan fingerprint density at radius 3 is 2.43 bits per heavy atom. The lowest BCUT2D eigenvalue weighted by molar-refractivity contribution is -0.116. The molecule has 0 aliphatic heterocycles. The summed E-state index contributed by atoms with van der Waals surface area (Å²) in [6.07, 6.45) is 0. The van der Waals surface area contributed by atoms with Crippen molar-refractivity contribution >= 4 is 28.2 Å². The van der Waals surface area contributed by atoms with Gasteiger partial charge in [-0.1, -0.05) is 30.3 Å². The van der Waals surface area contributed by atoms with Crippen LogP contribution in [0, 0.1) is 13.8 Å². The second-order valence-corrected chi connectivity index (χ2v) is 8.41.